The highest BCUT2D eigenvalue weighted by Gasteiger charge is 2.30. The van der Waals surface area contributed by atoms with Crippen LogP contribution >= 0.6 is 0 Å². The summed E-state index contributed by atoms with van der Waals surface area (Å²) in [6, 6.07) is 4.01. The van der Waals surface area contributed by atoms with E-state index < -0.39 is 0 Å². The predicted molar refractivity (Wildman–Crippen MR) is 57.8 cm³/mol. The summed E-state index contributed by atoms with van der Waals surface area (Å²) in [4.78, 5) is 0. The van der Waals surface area contributed by atoms with Crippen LogP contribution < -0.4 is 11.1 Å². The Bertz CT molecular complexity index is 489. The molecule has 1 aliphatic rings. The van der Waals surface area contributed by atoms with Gasteiger partial charge in [-0.25, -0.2) is 0 Å². The number of nitrogens with one attached hydrogen (secondary N) is 1. The number of aromatic nitrogens is 5. The van der Waals surface area contributed by atoms with Crippen LogP contribution in [0, 0.1) is 5.92 Å². The lowest BCUT2D eigenvalue weighted by Gasteiger charge is -2.15. The van der Waals surface area contributed by atoms with Gasteiger partial charge in [-0.05, 0) is 41.3 Å². The van der Waals surface area contributed by atoms with E-state index in [1.165, 1.54) is 17.5 Å². The van der Waals surface area contributed by atoms with Crippen molar-refractivity contribution in [1.82, 2.24) is 25.3 Å². The summed E-state index contributed by atoms with van der Waals surface area (Å²) in [5.74, 6) is 1.46. The predicted octanol–water partition coefficient (Wildman–Crippen LogP) is -0.332. The second-order valence-corrected chi connectivity index (χ2v) is 4.07. The molecule has 7 nitrogen and oxygen atoms in total. The van der Waals surface area contributed by atoms with Gasteiger partial charge in [0.1, 0.15) is 5.82 Å². The van der Waals surface area contributed by atoms with Gasteiger partial charge in [-0.3, -0.25) is 0 Å². The molecule has 3 rings (SSSR count). The summed E-state index contributed by atoms with van der Waals surface area (Å²) in [5.41, 5.74) is 6.36. The van der Waals surface area contributed by atoms with Crippen LogP contribution in [-0.2, 0) is 0 Å². The smallest absolute Gasteiger partial charge is 0.200 e. The molecule has 1 atom stereocenters. The molecule has 2 aromatic heterocycles. The van der Waals surface area contributed by atoms with Crippen molar-refractivity contribution in [1.29, 1.82) is 0 Å². The quantitative estimate of drug-likeness (QED) is 0.731. The lowest BCUT2D eigenvalue weighted by atomic mass is 10.2. The average molecular weight is 219 g/mol. The first-order valence-corrected chi connectivity index (χ1v) is 5.39. The van der Waals surface area contributed by atoms with Gasteiger partial charge in [-0.2, -0.15) is 0 Å². The van der Waals surface area contributed by atoms with Crippen molar-refractivity contribution in [3.05, 3.63) is 12.1 Å². The highest BCUT2D eigenvalue weighted by atomic mass is 15.6. The Labute approximate surface area is 92.0 Å². The SMILES string of the molecule is NCC(Nc1ccc2nnnn2n1)C1CC1. The molecule has 7 heteroatoms. The summed E-state index contributed by atoms with van der Waals surface area (Å²) in [5, 5.41) is 18.6. The minimum Gasteiger partial charge on any atom is -0.364 e. The molecule has 3 N–H and O–H groups in total. The first-order valence-electron chi connectivity index (χ1n) is 5.39. The number of fused-ring (bicyclic) bond motifs is 1. The van der Waals surface area contributed by atoms with Crippen LogP contribution in [0.15, 0.2) is 12.1 Å². The number of hydrogen-bond acceptors (Lipinski definition) is 6. The Morgan fingerprint density at radius 1 is 1.50 bits per heavy atom. The first-order chi connectivity index (χ1) is 7.86. The van der Waals surface area contributed by atoms with Crippen molar-refractivity contribution < 1.29 is 0 Å². The molecule has 1 saturated carbocycles. The fourth-order valence-corrected chi connectivity index (χ4v) is 1.78. The van der Waals surface area contributed by atoms with E-state index in [9.17, 15) is 0 Å². The fourth-order valence-electron chi connectivity index (χ4n) is 1.78. The highest BCUT2D eigenvalue weighted by molar-refractivity contribution is 5.43. The van der Waals surface area contributed by atoms with Crippen LogP contribution in [-0.4, -0.2) is 37.8 Å². The molecule has 84 valence electrons. The molecule has 0 radical (unpaired) electrons. The van der Waals surface area contributed by atoms with Crippen molar-refractivity contribution in [3.63, 3.8) is 0 Å². The summed E-state index contributed by atoms with van der Waals surface area (Å²) in [6.07, 6.45) is 2.50. The van der Waals surface area contributed by atoms with E-state index in [0.717, 1.165) is 5.82 Å². The van der Waals surface area contributed by atoms with Crippen molar-refractivity contribution >= 4 is 11.5 Å². The van der Waals surface area contributed by atoms with Crippen LogP contribution in [0.25, 0.3) is 5.65 Å². The molecule has 0 spiro atoms. The monoisotopic (exact) mass is 219 g/mol. The highest BCUT2D eigenvalue weighted by Crippen LogP contribution is 2.33. The molecule has 1 fully saturated rings. The van der Waals surface area contributed by atoms with E-state index in [1.54, 1.807) is 0 Å². The zero-order valence-corrected chi connectivity index (χ0v) is 8.74. The molecule has 0 bridgehead atoms. The molecule has 2 heterocycles. The third-order valence-electron chi connectivity index (χ3n) is 2.85. The van der Waals surface area contributed by atoms with Crippen LogP contribution in [0.2, 0.25) is 0 Å². The van der Waals surface area contributed by atoms with E-state index in [1.807, 2.05) is 12.1 Å². The minimum atomic E-state index is 0.307. The van der Waals surface area contributed by atoms with Crippen molar-refractivity contribution in [2.24, 2.45) is 11.7 Å². The second-order valence-electron chi connectivity index (χ2n) is 4.07. The maximum absolute atomic E-state index is 5.72. The molecule has 0 amide bonds. The van der Waals surface area contributed by atoms with E-state index in [0.29, 0.717) is 24.2 Å². The Kier molecular flexibility index (Phi) is 2.17. The third-order valence-corrected chi connectivity index (χ3v) is 2.85. The van der Waals surface area contributed by atoms with Crippen molar-refractivity contribution in [2.75, 3.05) is 11.9 Å². The molecule has 1 aliphatic carbocycles. The normalized spacial score (nSPS) is 17.6. The van der Waals surface area contributed by atoms with Gasteiger partial charge in [0.25, 0.3) is 0 Å². The van der Waals surface area contributed by atoms with Gasteiger partial charge in [0.05, 0.1) is 0 Å². The molecule has 0 saturated heterocycles. The van der Waals surface area contributed by atoms with Gasteiger partial charge in [-0.15, -0.1) is 14.8 Å². The summed E-state index contributed by atoms with van der Waals surface area (Å²) < 4.78 is 1.41. The van der Waals surface area contributed by atoms with E-state index in [2.05, 4.69) is 25.9 Å². The molecule has 1 unspecified atom stereocenters. The van der Waals surface area contributed by atoms with Gasteiger partial charge in [0.15, 0.2) is 5.65 Å². The van der Waals surface area contributed by atoms with Crippen molar-refractivity contribution in [3.8, 4) is 0 Å². The van der Waals surface area contributed by atoms with E-state index in [-0.39, 0.29) is 0 Å². The lowest BCUT2D eigenvalue weighted by molar-refractivity contribution is 0.635. The van der Waals surface area contributed by atoms with Gasteiger partial charge in [-0.1, -0.05) is 0 Å². The summed E-state index contributed by atoms with van der Waals surface area (Å²) in [7, 11) is 0. The Morgan fingerprint density at radius 3 is 3.12 bits per heavy atom. The van der Waals surface area contributed by atoms with Crippen LogP contribution in [0.1, 0.15) is 12.8 Å². The summed E-state index contributed by atoms with van der Waals surface area (Å²) in [6.45, 7) is 0.625. The maximum atomic E-state index is 5.72. The van der Waals surface area contributed by atoms with Gasteiger partial charge >= 0.3 is 0 Å². The van der Waals surface area contributed by atoms with Crippen molar-refractivity contribution in [2.45, 2.75) is 18.9 Å². The largest absolute Gasteiger partial charge is 0.364 e. The lowest BCUT2D eigenvalue weighted by Crippen LogP contribution is -2.31. The van der Waals surface area contributed by atoms with E-state index >= 15 is 0 Å². The maximum Gasteiger partial charge on any atom is 0.200 e. The van der Waals surface area contributed by atoms with Gasteiger partial charge < -0.3 is 11.1 Å². The Morgan fingerprint density at radius 2 is 2.38 bits per heavy atom. The van der Waals surface area contributed by atoms with Gasteiger partial charge in [0.2, 0.25) is 0 Å². The zero-order valence-electron chi connectivity index (χ0n) is 8.74. The number of hydrogen-bond donors (Lipinski definition) is 2. The number of rotatable bonds is 4. The van der Waals surface area contributed by atoms with Gasteiger partial charge in [0, 0.05) is 12.6 Å². The number of nitrogens with zero attached hydrogens (tertiary/aromatic N) is 5. The van der Waals surface area contributed by atoms with Crippen LogP contribution in [0.5, 0.6) is 0 Å². The fraction of sp³-hybridized carbons (Fsp3) is 0.556. The molecule has 0 aromatic carbocycles. The minimum absolute atomic E-state index is 0.307. The second kappa shape index (κ2) is 3.67. The standard InChI is InChI=1S/C9H13N7/c10-5-7(6-1-2-6)11-8-3-4-9-12-14-15-16(9)13-8/h3-4,6-7H,1-2,5,10H2,(H,11,13). The topological polar surface area (TPSA) is 94.0 Å². The first kappa shape index (κ1) is 9.46. The van der Waals surface area contributed by atoms with Crippen LogP contribution in [0.3, 0.4) is 0 Å². The molecule has 16 heavy (non-hydrogen) atoms. The number of nitrogens with two attached hydrogens (primary N) is 1. The molecular weight excluding hydrogens is 206 g/mol. The average Bonchev–Trinajstić information content (AvgIpc) is 3.04. The van der Waals surface area contributed by atoms with Crippen LogP contribution in [0.4, 0.5) is 5.82 Å². The molecule has 2 aromatic rings. The number of anilines is 1. The molecule has 0 aliphatic heterocycles. The Hall–Kier alpha value is -1.76. The zero-order chi connectivity index (χ0) is 11.0. The Balaban J connectivity index is 1.81. The third kappa shape index (κ3) is 1.69. The molecular formula is C9H13N7. The summed E-state index contributed by atoms with van der Waals surface area (Å²) >= 11 is 0. The van der Waals surface area contributed by atoms with E-state index in [4.69, 9.17) is 5.73 Å². The number of tetrazole rings is 1.